The lowest BCUT2D eigenvalue weighted by atomic mass is 10.2. The maximum absolute atomic E-state index is 11.9. The van der Waals surface area contributed by atoms with Crippen molar-refractivity contribution in [3.63, 3.8) is 0 Å². The molecule has 0 amide bonds. The Kier molecular flexibility index (Phi) is 4.94. The third-order valence-corrected chi connectivity index (χ3v) is 4.21. The van der Waals surface area contributed by atoms with Crippen LogP contribution in [0.25, 0.3) is 0 Å². The van der Waals surface area contributed by atoms with Crippen molar-refractivity contribution < 1.29 is 18.6 Å². The van der Waals surface area contributed by atoms with Crippen molar-refractivity contribution >= 4 is 27.3 Å². The topological polar surface area (TPSA) is 113 Å². The van der Waals surface area contributed by atoms with E-state index in [0.29, 0.717) is 10.6 Å². The quantitative estimate of drug-likeness (QED) is 0.565. The number of nitrogens with one attached hydrogen (secondary N) is 1. The molecule has 18 heavy (non-hydrogen) atoms. The number of halogens is 1. The number of aryl methyl sites for hydroxylation is 1. The van der Waals surface area contributed by atoms with Gasteiger partial charge in [-0.15, -0.1) is 0 Å². The third kappa shape index (κ3) is 3.56. The van der Waals surface area contributed by atoms with Gasteiger partial charge in [0.2, 0.25) is 10.0 Å². The van der Waals surface area contributed by atoms with Gasteiger partial charge in [-0.1, -0.05) is 11.6 Å². The summed E-state index contributed by atoms with van der Waals surface area (Å²) in [4.78, 5) is -0.0351. The van der Waals surface area contributed by atoms with Crippen LogP contribution in [0, 0.1) is 6.92 Å². The molecule has 1 rings (SSSR count). The molecule has 0 aliphatic carbocycles. The van der Waals surface area contributed by atoms with E-state index in [2.05, 4.69) is 4.72 Å². The fourth-order valence-corrected chi connectivity index (χ4v) is 2.57. The van der Waals surface area contributed by atoms with Crippen LogP contribution in [-0.2, 0) is 10.0 Å². The Morgan fingerprint density at radius 3 is 2.61 bits per heavy atom. The molecular formula is C10H15ClN2O4S. The number of aliphatic hydroxyl groups is 2. The van der Waals surface area contributed by atoms with Crippen LogP contribution in [0.3, 0.4) is 0 Å². The molecule has 1 atom stereocenters. The highest BCUT2D eigenvalue weighted by Crippen LogP contribution is 2.26. The third-order valence-electron chi connectivity index (χ3n) is 2.29. The van der Waals surface area contributed by atoms with E-state index in [-0.39, 0.29) is 17.1 Å². The maximum atomic E-state index is 11.9. The van der Waals surface area contributed by atoms with Crippen molar-refractivity contribution in [2.75, 3.05) is 18.9 Å². The summed E-state index contributed by atoms with van der Waals surface area (Å²) in [5.74, 6) is 0. The molecule has 0 heterocycles. The van der Waals surface area contributed by atoms with Gasteiger partial charge in [-0.05, 0) is 24.6 Å². The van der Waals surface area contributed by atoms with E-state index in [9.17, 15) is 8.42 Å². The van der Waals surface area contributed by atoms with Gasteiger partial charge in [0.1, 0.15) is 0 Å². The standard InChI is InChI=1S/C10H15ClN2O4S/c1-6-2-8(3-9(12)10(6)11)18(16,17)13-4-7(15)5-14/h2-3,7,13-15H,4-5,12H2,1H3. The first-order valence-corrected chi connectivity index (χ1v) is 6.98. The number of benzene rings is 1. The van der Waals surface area contributed by atoms with E-state index in [4.69, 9.17) is 27.5 Å². The Hall–Kier alpha value is -0.860. The Morgan fingerprint density at radius 1 is 1.50 bits per heavy atom. The van der Waals surface area contributed by atoms with Gasteiger partial charge < -0.3 is 15.9 Å². The van der Waals surface area contributed by atoms with Crippen molar-refractivity contribution in [2.24, 2.45) is 0 Å². The number of hydrogen-bond acceptors (Lipinski definition) is 5. The predicted octanol–water partition coefficient (Wildman–Crippen LogP) is -0.138. The monoisotopic (exact) mass is 294 g/mol. The van der Waals surface area contributed by atoms with Gasteiger partial charge in [0.15, 0.2) is 0 Å². The molecule has 5 N–H and O–H groups in total. The average Bonchev–Trinajstić information content (AvgIpc) is 2.32. The summed E-state index contributed by atoms with van der Waals surface area (Å²) in [6.45, 7) is 0.838. The van der Waals surface area contributed by atoms with Crippen molar-refractivity contribution in [3.8, 4) is 0 Å². The van der Waals surface area contributed by atoms with Crippen LogP contribution >= 0.6 is 11.6 Å². The van der Waals surface area contributed by atoms with E-state index >= 15 is 0 Å². The Balaban J connectivity index is 2.99. The van der Waals surface area contributed by atoms with E-state index in [1.54, 1.807) is 6.92 Å². The number of anilines is 1. The van der Waals surface area contributed by atoms with E-state index in [0.717, 1.165) is 0 Å². The molecule has 0 saturated carbocycles. The van der Waals surface area contributed by atoms with Gasteiger partial charge in [-0.25, -0.2) is 13.1 Å². The molecular weight excluding hydrogens is 280 g/mol. The number of sulfonamides is 1. The Bertz CT molecular complexity index is 510. The highest BCUT2D eigenvalue weighted by Gasteiger charge is 2.17. The zero-order valence-corrected chi connectivity index (χ0v) is 11.3. The first-order valence-electron chi connectivity index (χ1n) is 5.12. The summed E-state index contributed by atoms with van der Waals surface area (Å²) in [5, 5.41) is 18.0. The number of rotatable bonds is 5. The number of nitrogens with two attached hydrogens (primary N) is 1. The van der Waals surface area contributed by atoms with Crippen molar-refractivity contribution in [1.82, 2.24) is 4.72 Å². The molecule has 0 aliphatic heterocycles. The van der Waals surface area contributed by atoms with Gasteiger partial charge in [0.05, 0.1) is 28.3 Å². The lowest BCUT2D eigenvalue weighted by molar-refractivity contribution is 0.0988. The molecule has 0 aromatic heterocycles. The molecule has 0 spiro atoms. The first kappa shape index (κ1) is 15.2. The highest BCUT2D eigenvalue weighted by atomic mass is 35.5. The lowest BCUT2D eigenvalue weighted by Crippen LogP contribution is -2.34. The molecule has 0 fully saturated rings. The van der Waals surface area contributed by atoms with Gasteiger partial charge in [0.25, 0.3) is 0 Å². The lowest BCUT2D eigenvalue weighted by Gasteiger charge is -2.11. The van der Waals surface area contributed by atoms with Crippen molar-refractivity contribution in [2.45, 2.75) is 17.9 Å². The Labute approximate surface area is 110 Å². The van der Waals surface area contributed by atoms with Crippen LogP contribution in [0.4, 0.5) is 5.69 Å². The molecule has 102 valence electrons. The largest absolute Gasteiger partial charge is 0.397 e. The molecule has 0 aliphatic rings. The second-order valence-electron chi connectivity index (χ2n) is 3.83. The number of hydrogen-bond donors (Lipinski definition) is 4. The minimum absolute atomic E-state index is 0.0351. The first-order chi connectivity index (χ1) is 8.27. The Morgan fingerprint density at radius 2 is 2.11 bits per heavy atom. The summed E-state index contributed by atoms with van der Waals surface area (Å²) < 4.78 is 25.9. The minimum atomic E-state index is -3.79. The zero-order chi connectivity index (χ0) is 13.9. The highest BCUT2D eigenvalue weighted by molar-refractivity contribution is 7.89. The van der Waals surface area contributed by atoms with Crippen LogP contribution in [0.5, 0.6) is 0 Å². The fraction of sp³-hybridized carbons (Fsp3) is 0.400. The average molecular weight is 295 g/mol. The predicted molar refractivity (Wildman–Crippen MR) is 68.9 cm³/mol. The molecule has 1 aromatic carbocycles. The van der Waals surface area contributed by atoms with Gasteiger partial charge in [-0.3, -0.25) is 0 Å². The molecule has 1 aromatic rings. The minimum Gasteiger partial charge on any atom is -0.397 e. The normalized spacial score (nSPS) is 13.6. The van der Waals surface area contributed by atoms with Gasteiger partial charge >= 0.3 is 0 Å². The summed E-state index contributed by atoms with van der Waals surface area (Å²) in [5.41, 5.74) is 6.29. The second-order valence-corrected chi connectivity index (χ2v) is 5.98. The summed E-state index contributed by atoms with van der Waals surface area (Å²) >= 11 is 5.84. The summed E-state index contributed by atoms with van der Waals surface area (Å²) in [6.07, 6.45) is -1.15. The molecule has 0 bridgehead atoms. The summed E-state index contributed by atoms with van der Waals surface area (Å²) in [7, 11) is -3.79. The van der Waals surface area contributed by atoms with Gasteiger partial charge in [-0.2, -0.15) is 0 Å². The van der Waals surface area contributed by atoms with Crippen LogP contribution in [0.2, 0.25) is 5.02 Å². The van der Waals surface area contributed by atoms with Crippen LogP contribution in [0.15, 0.2) is 17.0 Å². The van der Waals surface area contributed by atoms with Crippen LogP contribution < -0.4 is 10.5 Å². The molecule has 1 unspecified atom stereocenters. The zero-order valence-electron chi connectivity index (χ0n) is 9.72. The van der Waals surface area contributed by atoms with Crippen LogP contribution in [-0.4, -0.2) is 37.9 Å². The summed E-state index contributed by atoms with van der Waals surface area (Å²) in [6, 6.07) is 2.62. The maximum Gasteiger partial charge on any atom is 0.240 e. The fourth-order valence-electron chi connectivity index (χ4n) is 1.27. The molecule has 8 heteroatoms. The molecule has 6 nitrogen and oxygen atoms in total. The smallest absolute Gasteiger partial charge is 0.240 e. The van der Waals surface area contributed by atoms with Crippen LogP contribution in [0.1, 0.15) is 5.56 Å². The van der Waals surface area contributed by atoms with E-state index < -0.39 is 22.7 Å². The molecule has 0 radical (unpaired) electrons. The van der Waals surface area contributed by atoms with Gasteiger partial charge in [0, 0.05) is 6.54 Å². The van der Waals surface area contributed by atoms with E-state index in [1.165, 1.54) is 12.1 Å². The van der Waals surface area contributed by atoms with Crippen molar-refractivity contribution in [1.29, 1.82) is 0 Å². The SMILES string of the molecule is Cc1cc(S(=O)(=O)NCC(O)CO)cc(N)c1Cl. The van der Waals surface area contributed by atoms with Crippen molar-refractivity contribution in [3.05, 3.63) is 22.7 Å². The second kappa shape index (κ2) is 5.85. The number of nitrogen functional groups attached to an aromatic ring is 1. The molecule has 0 saturated heterocycles. The van der Waals surface area contributed by atoms with E-state index in [1.807, 2.05) is 0 Å². The number of aliphatic hydroxyl groups excluding tert-OH is 2.